The zero-order valence-electron chi connectivity index (χ0n) is 13.1. The molecule has 5 heteroatoms. The van der Waals surface area contributed by atoms with Crippen LogP contribution < -0.4 is 0 Å². The molecule has 4 nitrogen and oxygen atoms in total. The molecule has 0 saturated heterocycles. The summed E-state index contributed by atoms with van der Waals surface area (Å²) in [6.07, 6.45) is 5.72. The summed E-state index contributed by atoms with van der Waals surface area (Å²) in [5.41, 5.74) is 3.25. The molecule has 0 bridgehead atoms. The van der Waals surface area contributed by atoms with Crippen LogP contribution in [0.25, 0.3) is 11.2 Å². The molecule has 1 fully saturated rings. The van der Waals surface area contributed by atoms with Crippen LogP contribution in [0, 0.1) is 4.77 Å². The highest BCUT2D eigenvalue weighted by Crippen LogP contribution is 2.40. The molecular weight excluding hydrogens is 280 g/mol. The molecule has 2 aromatic rings. The molecule has 21 heavy (non-hydrogen) atoms. The number of aromatic nitrogens is 4. The maximum Gasteiger partial charge on any atom is 0.201 e. The van der Waals surface area contributed by atoms with Crippen LogP contribution in [0.3, 0.4) is 0 Å². The van der Waals surface area contributed by atoms with Gasteiger partial charge in [-0.25, -0.2) is 9.97 Å². The average Bonchev–Trinajstić information content (AvgIpc) is 3.23. The topological polar surface area (TPSA) is 46.5 Å². The second-order valence-electron chi connectivity index (χ2n) is 6.04. The molecule has 0 atom stereocenters. The molecule has 0 aromatic carbocycles. The van der Waals surface area contributed by atoms with Crippen molar-refractivity contribution in [3.63, 3.8) is 0 Å². The van der Waals surface area contributed by atoms with Crippen molar-refractivity contribution in [1.82, 2.24) is 19.5 Å². The summed E-state index contributed by atoms with van der Waals surface area (Å²) < 4.78 is 2.78. The number of nitrogens with zero attached hydrogens (tertiary/aromatic N) is 3. The number of hydrogen-bond acceptors (Lipinski definition) is 3. The van der Waals surface area contributed by atoms with Crippen LogP contribution in [0.4, 0.5) is 0 Å². The first kappa shape index (κ1) is 14.7. The SMILES string of the molecule is CCCn1c(=S)nc(C(CC)CC)c2[nH]c(C3CC3)nc21. The standard InChI is InChI=1S/C16H24N4S/c1-4-9-20-15-13(17-14(19-15)11-7-8-11)12(18-16(20)21)10(5-2)6-3/h10-11H,4-9H2,1-3H3,(H,17,19). The fraction of sp³-hybridized carbons (Fsp3) is 0.688. The van der Waals surface area contributed by atoms with Crippen molar-refractivity contribution in [2.45, 2.75) is 71.3 Å². The van der Waals surface area contributed by atoms with E-state index in [-0.39, 0.29) is 0 Å². The highest BCUT2D eigenvalue weighted by atomic mass is 32.1. The normalized spacial score (nSPS) is 15.2. The molecule has 0 unspecified atom stereocenters. The van der Waals surface area contributed by atoms with Crippen LogP contribution in [0.1, 0.15) is 76.2 Å². The first-order chi connectivity index (χ1) is 10.2. The predicted molar refractivity (Wildman–Crippen MR) is 88.3 cm³/mol. The van der Waals surface area contributed by atoms with Gasteiger partial charge in [0.05, 0.1) is 5.69 Å². The van der Waals surface area contributed by atoms with Gasteiger partial charge in [-0.15, -0.1) is 0 Å². The van der Waals surface area contributed by atoms with Gasteiger partial charge < -0.3 is 4.98 Å². The molecule has 1 N–H and O–H groups in total. The lowest BCUT2D eigenvalue weighted by Gasteiger charge is -2.15. The van der Waals surface area contributed by atoms with Gasteiger partial charge in [-0.05, 0) is 44.3 Å². The van der Waals surface area contributed by atoms with E-state index in [1.165, 1.54) is 12.8 Å². The summed E-state index contributed by atoms with van der Waals surface area (Å²) in [4.78, 5) is 13.2. The molecule has 0 aliphatic heterocycles. The van der Waals surface area contributed by atoms with Gasteiger partial charge in [0.15, 0.2) is 5.65 Å². The van der Waals surface area contributed by atoms with Crippen LogP contribution in [0.15, 0.2) is 0 Å². The van der Waals surface area contributed by atoms with Crippen molar-refractivity contribution in [1.29, 1.82) is 0 Å². The van der Waals surface area contributed by atoms with E-state index in [1.807, 2.05) is 0 Å². The van der Waals surface area contributed by atoms with E-state index in [0.717, 1.165) is 48.5 Å². The van der Waals surface area contributed by atoms with E-state index in [1.54, 1.807) is 0 Å². The average molecular weight is 304 g/mol. The lowest BCUT2D eigenvalue weighted by molar-refractivity contribution is 0.610. The summed E-state index contributed by atoms with van der Waals surface area (Å²) in [7, 11) is 0. The molecule has 2 heterocycles. The smallest absolute Gasteiger partial charge is 0.201 e. The Kier molecular flexibility index (Phi) is 4.11. The Hall–Kier alpha value is -1.23. The molecule has 2 aromatic heterocycles. The number of nitrogens with one attached hydrogen (secondary N) is 1. The van der Waals surface area contributed by atoms with Crippen molar-refractivity contribution in [2.24, 2.45) is 0 Å². The third-order valence-corrected chi connectivity index (χ3v) is 4.76. The van der Waals surface area contributed by atoms with Gasteiger partial charge in [0.1, 0.15) is 11.3 Å². The number of aromatic amines is 1. The fourth-order valence-corrected chi connectivity index (χ4v) is 3.29. The van der Waals surface area contributed by atoms with Crippen molar-refractivity contribution in [3.8, 4) is 0 Å². The monoisotopic (exact) mass is 304 g/mol. The summed E-state index contributed by atoms with van der Waals surface area (Å²) in [6, 6.07) is 0. The number of H-pyrrole nitrogens is 1. The Bertz CT molecular complexity index is 692. The molecule has 3 rings (SSSR count). The van der Waals surface area contributed by atoms with Gasteiger partial charge in [0, 0.05) is 18.4 Å². The third kappa shape index (κ3) is 2.63. The van der Waals surface area contributed by atoms with Crippen LogP contribution in [-0.4, -0.2) is 19.5 Å². The van der Waals surface area contributed by atoms with Crippen LogP contribution in [0.5, 0.6) is 0 Å². The van der Waals surface area contributed by atoms with Crippen molar-refractivity contribution in [2.75, 3.05) is 0 Å². The molecule has 0 amide bonds. The third-order valence-electron chi connectivity index (χ3n) is 4.45. The fourth-order valence-electron chi connectivity index (χ4n) is 3.01. The molecular formula is C16H24N4S. The number of aryl methyl sites for hydroxylation is 1. The molecule has 0 spiro atoms. The first-order valence-corrected chi connectivity index (χ1v) is 8.60. The number of hydrogen-bond donors (Lipinski definition) is 1. The van der Waals surface area contributed by atoms with Gasteiger partial charge in [0.2, 0.25) is 4.77 Å². The van der Waals surface area contributed by atoms with Crippen molar-refractivity contribution < 1.29 is 0 Å². The van der Waals surface area contributed by atoms with E-state index in [2.05, 4.69) is 30.3 Å². The first-order valence-electron chi connectivity index (χ1n) is 8.19. The zero-order valence-corrected chi connectivity index (χ0v) is 14.0. The molecule has 1 aliphatic carbocycles. The maximum atomic E-state index is 5.54. The molecule has 1 saturated carbocycles. The summed E-state index contributed by atoms with van der Waals surface area (Å²) >= 11 is 5.54. The maximum absolute atomic E-state index is 5.54. The Labute approximate surface area is 131 Å². The van der Waals surface area contributed by atoms with Crippen molar-refractivity contribution >= 4 is 23.4 Å². The van der Waals surface area contributed by atoms with E-state index in [9.17, 15) is 0 Å². The highest BCUT2D eigenvalue weighted by molar-refractivity contribution is 7.71. The number of fused-ring (bicyclic) bond motifs is 1. The van der Waals surface area contributed by atoms with Crippen LogP contribution in [0.2, 0.25) is 0 Å². The Morgan fingerprint density at radius 3 is 2.52 bits per heavy atom. The lowest BCUT2D eigenvalue weighted by Crippen LogP contribution is -2.09. The summed E-state index contributed by atoms with van der Waals surface area (Å²) in [5, 5.41) is 0. The van der Waals surface area contributed by atoms with Crippen molar-refractivity contribution in [3.05, 3.63) is 16.3 Å². The molecule has 114 valence electrons. The van der Waals surface area contributed by atoms with Crippen LogP contribution in [-0.2, 0) is 6.54 Å². The Morgan fingerprint density at radius 2 is 1.95 bits per heavy atom. The minimum absolute atomic E-state index is 0.456. The van der Waals surface area contributed by atoms with Crippen LogP contribution >= 0.6 is 12.2 Å². The summed E-state index contributed by atoms with van der Waals surface area (Å²) in [5.74, 6) is 2.21. The lowest BCUT2D eigenvalue weighted by atomic mass is 9.98. The molecule has 0 radical (unpaired) electrons. The highest BCUT2D eigenvalue weighted by Gasteiger charge is 2.28. The minimum atomic E-state index is 0.456. The van der Waals surface area contributed by atoms with Gasteiger partial charge in [-0.3, -0.25) is 4.57 Å². The Balaban J connectivity index is 2.23. The predicted octanol–water partition coefficient (Wildman–Crippen LogP) is 4.68. The quantitative estimate of drug-likeness (QED) is 0.788. The Morgan fingerprint density at radius 1 is 1.24 bits per heavy atom. The second-order valence-corrected chi connectivity index (χ2v) is 6.40. The summed E-state index contributed by atoms with van der Waals surface area (Å²) in [6.45, 7) is 7.49. The number of rotatable bonds is 6. The second kappa shape index (κ2) is 5.87. The van der Waals surface area contributed by atoms with E-state index in [4.69, 9.17) is 22.2 Å². The van der Waals surface area contributed by atoms with E-state index < -0.39 is 0 Å². The van der Waals surface area contributed by atoms with Gasteiger partial charge >= 0.3 is 0 Å². The molecule has 1 aliphatic rings. The largest absolute Gasteiger partial charge is 0.339 e. The zero-order chi connectivity index (χ0) is 15.0. The number of imidazole rings is 1. The van der Waals surface area contributed by atoms with Gasteiger partial charge in [-0.2, -0.15) is 0 Å². The minimum Gasteiger partial charge on any atom is -0.339 e. The van der Waals surface area contributed by atoms with E-state index >= 15 is 0 Å². The van der Waals surface area contributed by atoms with E-state index in [0.29, 0.717) is 16.6 Å². The van der Waals surface area contributed by atoms with Gasteiger partial charge in [0.25, 0.3) is 0 Å². The van der Waals surface area contributed by atoms with Gasteiger partial charge in [-0.1, -0.05) is 20.8 Å².